The molecular formula is C45H57N9O7. The van der Waals surface area contributed by atoms with Gasteiger partial charge in [0.05, 0.1) is 12.1 Å². The fraction of sp³-hybridized carbons (Fsp3) is 0.378. The molecule has 0 saturated heterocycles. The van der Waals surface area contributed by atoms with Crippen LogP contribution in [0.25, 0.3) is 21.8 Å². The number of aliphatic hydroxyl groups is 1. The van der Waals surface area contributed by atoms with Crippen molar-refractivity contribution in [1.82, 2.24) is 30.8 Å². The molecule has 5 amide bonds. The van der Waals surface area contributed by atoms with Gasteiger partial charge in [-0.25, -0.2) is 0 Å². The second kappa shape index (κ2) is 22.4. The van der Waals surface area contributed by atoms with E-state index in [-0.39, 0.29) is 51.6 Å². The lowest BCUT2D eigenvalue weighted by Crippen LogP contribution is -2.60. The third-order valence-electron chi connectivity index (χ3n) is 10.7. The average molecular weight is 836 g/mol. The van der Waals surface area contributed by atoms with Gasteiger partial charge in [0, 0.05) is 53.5 Å². The molecule has 2 heterocycles. The largest absolute Gasteiger partial charge is 0.391 e. The zero-order valence-corrected chi connectivity index (χ0v) is 34.3. The zero-order valence-electron chi connectivity index (χ0n) is 34.3. The van der Waals surface area contributed by atoms with Gasteiger partial charge in [0.2, 0.25) is 23.6 Å². The first-order chi connectivity index (χ1) is 29.4. The van der Waals surface area contributed by atoms with Crippen molar-refractivity contribution >= 4 is 57.6 Å². The number of rotatable bonds is 23. The summed E-state index contributed by atoms with van der Waals surface area (Å²) in [4.78, 5) is 90.0. The van der Waals surface area contributed by atoms with Crippen molar-refractivity contribution in [2.24, 2.45) is 17.2 Å². The Morgan fingerprint density at radius 1 is 0.689 bits per heavy atom. The van der Waals surface area contributed by atoms with E-state index in [2.05, 4.69) is 25.9 Å². The predicted molar refractivity (Wildman–Crippen MR) is 232 cm³/mol. The van der Waals surface area contributed by atoms with Crippen LogP contribution < -0.4 is 33.2 Å². The monoisotopic (exact) mass is 835 g/mol. The highest BCUT2D eigenvalue weighted by Gasteiger charge is 2.38. The molecule has 2 aromatic heterocycles. The van der Waals surface area contributed by atoms with Crippen LogP contribution in [-0.4, -0.2) is 105 Å². The second-order valence-corrected chi connectivity index (χ2v) is 15.3. The van der Waals surface area contributed by atoms with E-state index in [9.17, 15) is 33.9 Å². The molecule has 324 valence electrons. The molecule has 6 atom stereocenters. The lowest BCUT2D eigenvalue weighted by atomic mass is 10.00. The van der Waals surface area contributed by atoms with E-state index in [0.717, 1.165) is 32.9 Å². The smallest absolute Gasteiger partial charge is 0.252 e. The van der Waals surface area contributed by atoms with Gasteiger partial charge in [0.25, 0.3) is 5.91 Å². The second-order valence-electron chi connectivity index (χ2n) is 15.3. The number of para-hydroxylation sites is 2. The van der Waals surface area contributed by atoms with E-state index in [0.29, 0.717) is 29.6 Å². The fourth-order valence-corrected chi connectivity index (χ4v) is 7.36. The summed E-state index contributed by atoms with van der Waals surface area (Å²) in [7, 11) is 0. The average Bonchev–Trinajstić information content (AvgIpc) is 3.87. The fourth-order valence-electron chi connectivity index (χ4n) is 7.36. The molecular weight excluding hydrogens is 779 g/mol. The van der Waals surface area contributed by atoms with Crippen molar-refractivity contribution in [2.45, 2.75) is 94.6 Å². The van der Waals surface area contributed by atoms with Gasteiger partial charge in [-0.1, -0.05) is 66.7 Å². The molecule has 61 heavy (non-hydrogen) atoms. The Labute approximate surface area is 354 Å². The van der Waals surface area contributed by atoms with E-state index in [4.69, 9.17) is 17.2 Å². The number of unbranched alkanes of at least 4 members (excludes halogenated alkanes) is 1. The first-order valence-corrected chi connectivity index (χ1v) is 20.7. The summed E-state index contributed by atoms with van der Waals surface area (Å²) in [6.45, 7) is 1.71. The molecule has 0 unspecified atom stereocenters. The summed E-state index contributed by atoms with van der Waals surface area (Å²) in [6.07, 6.45) is 3.49. The minimum Gasteiger partial charge on any atom is -0.391 e. The Kier molecular flexibility index (Phi) is 16.9. The summed E-state index contributed by atoms with van der Waals surface area (Å²) >= 11 is 0. The highest BCUT2D eigenvalue weighted by Crippen LogP contribution is 2.22. The number of H-pyrrole nitrogens is 2. The molecule has 0 aliphatic carbocycles. The molecule has 5 rings (SSSR count). The van der Waals surface area contributed by atoms with Crippen LogP contribution >= 0.6 is 0 Å². The number of aromatic amines is 2. The Hall–Kier alpha value is -6.20. The zero-order chi connectivity index (χ0) is 43.9. The number of fused-ring (bicyclic) bond motifs is 2. The van der Waals surface area contributed by atoms with Crippen molar-refractivity contribution in [3.63, 3.8) is 0 Å². The standard InChI is InChI=1S/C45H57N9O7/c1-28(56)40(27-55)54(41(57)19-11-21-47)45(61)37(18-9-10-20-46)51-43(59)39(24-31-26-50-36-17-8-6-15-33(31)36)53-44(60)38(23-30-25-49-35-16-7-5-14-32(30)35)52-42(58)34(48)22-29-12-3-2-4-13-29/h2-8,12-17,25-28,34,37-40,49-50,56H,9-11,18-24,46-48H2,1H3,(H,51,59)(H,52,58)(H,53,60)/t28-,34+,37+,38+,39-,40-/m1/s1. The number of carbonyl (C=O) groups excluding carboxylic acids is 6. The molecule has 16 heteroatoms. The molecule has 0 fully saturated rings. The van der Waals surface area contributed by atoms with E-state index in [1.54, 1.807) is 12.4 Å². The van der Waals surface area contributed by atoms with Crippen molar-refractivity contribution in [3.8, 4) is 0 Å². The van der Waals surface area contributed by atoms with Crippen LogP contribution in [-0.2, 0) is 48.0 Å². The number of hydrogen-bond acceptors (Lipinski definition) is 10. The van der Waals surface area contributed by atoms with Crippen LogP contribution in [0.2, 0.25) is 0 Å². The highest BCUT2D eigenvalue weighted by molar-refractivity contribution is 6.02. The molecule has 0 spiro atoms. The summed E-state index contributed by atoms with van der Waals surface area (Å²) in [6, 6.07) is 17.8. The number of aldehydes is 1. The van der Waals surface area contributed by atoms with Gasteiger partial charge in [0.1, 0.15) is 30.5 Å². The third kappa shape index (κ3) is 12.2. The van der Waals surface area contributed by atoms with Crippen molar-refractivity contribution in [3.05, 3.63) is 108 Å². The van der Waals surface area contributed by atoms with Crippen LogP contribution in [0.1, 0.15) is 55.7 Å². The lowest BCUT2D eigenvalue weighted by Gasteiger charge is -2.32. The molecule has 0 radical (unpaired) electrons. The number of benzene rings is 3. The maximum Gasteiger partial charge on any atom is 0.252 e. The number of amides is 5. The molecule has 0 saturated carbocycles. The van der Waals surface area contributed by atoms with Crippen LogP contribution in [0.5, 0.6) is 0 Å². The first kappa shape index (κ1) is 45.9. The number of aromatic nitrogens is 2. The van der Waals surface area contributed by atoms with Crippen LogP contribution in [0.4, 0.5) is 0 Å². The maximum absolute atomic E-state index is 14.6. The highest BCUT2D eigenvalue weighted by atomic mass is 16.3. The number of nitrogens with zero attached hydrogens (tertiary/aromatic N) is 1. The van der Waals surface area contributed by atoms with Crippen LogP contribution in [0.15, 0.2) is 91.3 Å². The number of nitrogens with one attached hydrogen (secondary N) is 5. The van der Waals surface area contributed by atoms with E-state index >= 15 is 0 Å². The SMILES string of the molecule is C[C@@H](O)[C@@H](C=O)N(C(=O)CCCN)C(=O)[C@H](CCCCN)NC(=O)[C@@H](Cc1c[nH]c2ccccc12)NC(=O)[C@H](Cc1c[nH]c2ccccc12)NC(=O)[C@@H](N)Cc1ccccc1. The molecule has 12 N–H and O–H groups in total. The summed E-state index contributed by atoms with van der Waals surface area (Å²) in [5.41, 5.74) is 21.7. The summed E-state index contributed by atoms with van der Waals surface area (Å²) in [5.74, 6) is -3.67. The Morgan fingerprint density at radius 3 is 1.72 bits per heavy atom. The van der Waals surface area contributed by atoms with Gasteiger partial charge < -0.3 is 53.0 Å². The van der Waals surface area contributed by atoms with E-state index in [1.165, 1.54) is 6.92 Å². The van der Waals surface area contributed by atoms with Crippen molar-refractivity contribution in [2.75, 3.05) is 13.1 Å². The van der Waals surface area contributed by atoms with Crippen molar-refractivity contribution < 1.29 is 33.9 Å². The predicted octanol–water partition coefficient (Wildman–Crippen LogP) is 1.63. The molecule has 3 aromatic carbocycles. The van der Waals surface area contributed by atoms with Gasteiger partial charge in [0.15, 0.2) is 0 Å². The van der Waals surface area contributed by atoms with Gasteiger partial charge in [-0.2, -0.15) is 0 Å². The van der Waals surface area contributed by atoms with E-state index in [1.807, 2.05) is 78.9 Å². The number of carbonyl (C=O) groups is 6. The minimum atomic E-state index is -1.53. The molecule has 16 nitrogen and oxygen atoms in total. The molecule has 5 aromatic rings. The van der Waals surface area contributed by atoms with Crippen molar-refractivity contribution in [1.29, 1.82) is 0 Å². The van der Waals surface area contributed by atoms with Gasteiger partial charge in [-0.15, -0.1) is 0 Å². The lowest BCUT2D eigenvalue weighted by molar-refractivity contribution is -0.155. The van der Waals surface area contributed by atoms with Gasteiger partial charge >= 0.3 is 0 Å². The summed E-state index contributed by atoms with van der Waals surface area (Å²) in [5, 5.41) is 20.6. The van der Waals surface area contributed by atoms with Crippen LogP contribution in [0.3, 0.4) is 0 Å². The topological polar surface area (TPSA) is 272 Å². The number of aliphatic hydroxyl groups excluding tert-OH is 1. The van der Waals surface area contributed by atoms with Gasteiger partial charge in [-0.05, 0) is 80.9 Å². The Morgan fingerprint density at radius 2 is 1.20 bits per heavy atom. The Bertz CT molecular complexity index is 2260. The third-order valence-corrected chi connectivity index (χ3v) is 10.7. The van der Waals surface area contributed by atoms with E-state index < -0.39 is 65.8 Å². The molecule has 0 aliphatic rings. The number of imide groups is 1. The first-order valence-electron chi connectivity index (χ1n) is 20.7. The Balaban J connectivity index is 1.49. The summed E-state index contributed by atoms with van der Waals surface area (Å²) < 4.78 is 0. The normalized spacial score (nSPS) is 14.3. The number of hydrogen-bond donors (Lipinski definition) is 9. The minimum absolute atomic E-state index is 0.0279. The quantitative estimate of drug-likeness (QED) is 0.0339. The van der Waals surface area contributed by atoms with Gasteiger partial charge in [-0.3, -0.25) is 28.9 Å². The van der Waals surface area contributed by atoms with Crippen LogP contribution in [0, 0.1) is 0 Å². The number of nitrogens with two attached hydrogens (primary N) is 3. The molecule has 0 bridgehead atoms. The molecule has 0 aliphatic heterocycles. The maximum atomic E-state index is 14.6.